The molecule has 0 saturated heterocycles. The molecule has 0 aliphatic carbocycles. The second-order valence-electron chi connectivity index (χ2n) is 3.87. The normalized spacial score (nSPS) is 16.0. The molecule has 0 fully saturated rings. The highest BCUT2D eigenvalue weighted by Gasteiger charge is 2.13. The average Bonchev–Trinajstić information content (AvgIpc) is 2.06. The highest BCUT2D eigenvalue weighted by atomic mass is 14.5. The fraction of sp³-hybridized carbons (Fsp3) is 1.00. The molecule has 0 amide bonds. The van der Waals surface area contributed by atoms with Gasteiger partial charge in [0.2, 0.25) is 0 Å². The molecule has 0 aliphatic rings. The average molecular weight is 171 g/mol. The molecule has 0 aromatic heterocycles. The summed E-state index contributed by atoms with van der Waals surface area (Å²) in [7, 11) is 0. The summed E-state index contributed by atoms with van der Waals surface area (Å²) in [6.07, 6.45) is 6.62. The van der Waals surface area contributed by atoms with E-state index in [0.717, 1.165) is 18.4 Å². The molecule has 2 N–H and O–H groups in total. The van der Waals surface area contributed by atoms with Crippen molar-refractivity contribution in [3.05, 3.63) is 0 Å². The third-order valence-electron chi connectivity index (χ3n) is 2.88. The van der Waals surface area contributed by atoms with Crippen LogP contribution in [0.5, 0.6) is 0 Å². The summed E-state index contributed by atoms with van der Waals surface area (Å²) in [5.74, 6) is 1.74. The standard InChI is InChI=1S/C11H25N/c1-4-6-7-11(5-2)10(3)8-9-12/h10-11H,4-9,12H2,1-3H3. The van der Waals surface area contributed by atoms with Gasteiger partial charge in [-0.05, 0) is 24.8 Å². The summed E-state index contributed by atoms with van der Waals surface area (Å²) >= 11 is 0. The van der Waals surface area contributed by atoms with Gasteiger partial charge in [0.25, 0.3) is 0 Å². The zero-order valence-corrected chi connectivity index (χ0v) is 8.97. The van der Waals surface area contributed by atoms with Crippen LogP contribution in [0.4, 0.5) is 0 Å². The lowest BCUT2D eigenvalue weighted by Gasteiger charge is -2.21. The van der Waals surface area contributed by atoms with Crippen LogP contribution in [0.1, 0.15) is 52.9 Å². The second-order valence-corrected chi connectivity index (χ2v) is 3.87. The van der Waals surface area contributed by atoms with Crippen molar-refractivity contribution in [3.63, 3.8) is 0 Å². The number of rotatable bonds is 7. The fourth-order valence-electron chi connectivity index (χ4n) is 1.86. The number of nitrogens with two attached hydrogens (primary N) is 1. The molecular weight excluding hydrogens is 146 g/mol. The zero-order chi connectivity index (χ0) is 9.40. The summed E-state index contributed by atoms with van der Waals surface area (Å²) < 4.78 is 0. The van der Waals surface area contributed by atoms with Gasteiger partial charge in [-0.25, -0.2) is 0 Å². The van der Waals surface area contributed by atoms with E-state index in [9.17, 15) is 0 Å². The van der Waals surface area contributed by atoms with Crippen molar-refractivity contribution >= 4 is 0 Å². The Labute approximate surface area is 77.7 Å². The van der Waals surface area contributed by atoms with Crippen molar-refractivity contribution in [2.24, 2.45) is 17.6 Å². The van der Waals surface area contributed by atoms with Crippen molar-refractivity contribution in [2.45, 2.75) is 52.9 Å². The van der Waals surface area contributed by atoms with E-state index in [0.29, 0.717) is 0 Å². The minimum Gasteiger partial charge on any atom is -0.330 e. The molecule has 0 spiro atoms. The molecule has 0 aromatic carbocycles. The Kier molecular flexibility index (Phi) is 7.58. The van der Waals surface area contributed by atoms with Gasteiger partial charge in [0, 0.05) is 0 Å². The molecule has 0 heterocycles. The van der Waals surface area contributed by atoms with Gasteiger partial charge in [0.05, 0.1) is 0 Å². The largest absolute Gasteiger partial charge is 0.330 e. The van der Waals surface area contributed by atoms with Crippen LogP contribution in [0.2, 0.25) is 0 Å². The summed E-state index contributed by atoms with van der Waals surface area (Å²) in [5.41, 5.74) is 5.55. The summed E-state index contributed by atoms with van der Waals surface area (Å²) in [6, 6.07) is 0. The van der Waals surface area contributed by atoms with Crippen LogP contribution in [-0.2, 0) is 0 Å². The van der Waals surface area contributed by atoms with Crippen LogP contribution in [0.25, 0.3) is 0 Å². The van der Waals surface area contributed by atoms with Gasteiger partial charge < -0.3 is 5.73 Å². The van der Waals surface area contributed by atoms with Gasteiger partial charge in [-0.2, -0.15) is 0 Å². The van der Waals surface area contributed by atoms with E-state index in [1.54, 1.807) is 0 Å². The van der Waals surface area contributed by atoms with E-state index in [1.165, 1.54) is 32.1 Å². The Hall–Kier alpha value is -0.0400. The summed E-state index contributed by atoms with van der Waals surface area (Å²) in [4.78, 5) is 0. The van der Waals surface area contributed by atoms with E-state index in [2.05, 4.69) is 20.8 Å². The van der Waals surface area contributed by atoms with Crippen molar-refractivity contribution < 1.29 is 0 Å². The molecule has 2 unspecified atom stereocenters. The van der Waals surface area contributed by atoms with E-state index >= 15 is 0 Å². The summed E-state index contributed by atoms with van der Waals surface area (Å²) in [6.45, 7) is 7.76. The van der Waals surface area contributed by atoms with Crippen LogP contribution < -0.4 is 5.73 Å². The highest BCUT2D eigenvalue weighted by molar-refractivity contribution is 4.65. The number of hydrogen-bond acceptors (Lipinski definition) is 1. The Bertz CT molecular complexity index is 91.0. The van der Waals surface area contributed by atoms with Crippen LogP contribution >= 0.6 is 0 Å². The van der Waals surface area contributed by atoms with E-state index in [-0.39, 0.29) is 0 Å². The molecule has 0 aromatic rings. The zero-order valence-electron chi connectivity index (χ0n) is 8.97. The Morgan fingerprint density at radius 1 is 1.17 bits per heavy atom. The molecule has 2 atom stereocenters. The van der Waals surface area contributed by atoms with Gasteiger partial charge in [-0.1, -0.05) is 46.5 Å². The Morgan fingerprint density at radius 2 is 1.83 bits per heavy atom. The maximum absolute atomic E-state index is 5.55. The number of unbranched alkanes of at least 4 members (excludes halogenated alkanes) is 1. The lowest BCUT2D eigenvalue weighted by Crippen LogP contribution is -2.15. The molecule has 0 bridgehead atoms. The topological polar surface area (TPSA) is 26.0 Å². The van der Waals surface area contributed by atoms with Crippen molar-refractivity contribution in [2.75, 3.05) is 6.54 Å². The first kappa shape index (κ1) is 12.0. The molecule has 12 heavy (non-hydrogen) atoms. The molecule has 74 valence electrons. The SMILES string of the molecule is CCCCC(CC)C(C)CCN. The predicted octanol–water partition coefficient (Wildman–Crippen LogP) is 3.19. The first-order valence-electron chi connectivity index (χ1n) is 5.46. The lowest BCUT2D eigenvalue weighted by atomic mass is 9.85. The first-order valence-corrected chi connectivity index (χ1v) is 5.46. The molecule has 0 saturated carbocycles. The van der Waals surface area contributed by atoms with Crippen LogP contribution in [0.3, 0.4) is 0 Å². The van der Waals surface area contributed by atoms with Crippen molar-refractivity contribution in [1.29, 1.82) is 0 Å². The third-order valence-corrected chi connectivity index (χ3v) is 2.88. The third kappa shape index (κ3) is 4.76. The van der Waals surface area contributed by atoms with Crippen LogP contribution in [0, 0.1) is 11.8 Å². The highest BCUT2D eigenvalue weighted by Crippen LogP contribution is 2.23. The van der Waals surface area contributed by atoms with Crippen molar-refractivity contribution in [1.82, 2.24) is 0 Å². The Morgan fingerprint density at radius 3 is 2.25 bits per heavy atom. The van der Waals surface area contributed by atoms with Gasteiger partial charge >= 0.3 is 0 Å². The number of hydrogen-bond donors (Lipinski definition) is 1. The van der Waals surface area contributed by atoms with E-state index < -0.39 is 0 Å². The molecule has 1 nitrogen and oxygen atoms in total. The summed E-state index contributed by atoms with van der Waals surface area (Å²) in [5, 5.41) is 0. The minimum atomic E-state index is 0.826. The van der Waals surface area contributed by atoms with Gasteiger partial charge in [-0.15, -0.1) is 0 Å². The van der Waals surface area contributed by atoms with E-state index in [1.807, 2.05) is 0 Å². The van der Waals surface area contributed by atoms with Crippen LogP contribution in [0.15, 0.2) is 0 Å². The first-order chi connectivity index (χ1) is 5.76. The van der Waals surface area contributed by atoms with E-state index in [4.69, 9.17) is 5.73 Å². The molecule has 0 aliphatic heterocycles. The molecule has 0 rings (SSSR count). The molecule has 0 radical (unpaired) electrons. The molecule has 1 heteroatoms. The molecular formula is C11H25N. The second kappa shape index (κ2) is 7.60. The van der Waals surface area contributed by atoms with Gasteiger partial charge in [0.15, 0.2) is 0 Å². The maximum Gasteiger partial charge on any atom is -0.00746 e. The fourth-order valence-corrected chi connectivity index (χ4v) is 1.86. The van der Waals surface area contributed by atoms with Gasteiger partial charge in [0.1, 0.15) is 0 Å². The van der Waals surface area contributed by atoms with Gasteiger partial charge in [-0.3, -0.25) is 0 Å². The minimum absolute atomic E-state index is 0.826. The predicted molar refractivity (Wildman–Crippen MR) is 56.1 cm³/mol. The maximum atomic E-state index is 5.55. The van der Waals surface area contributed by atoms with Crippen molar-refractivity contribution in [3.8, 4) is 0 Å². The van der Waals surface area contributed by atoms with Crippen LogP contribution in [-0.4, -0.2) is 6.54 Å². The Balaban J connectivity index is 3.62. The monoisotopic (exact) mass is 171 g/mol. The lowest BCUT2D eigenvalue weighted by molar-refractivity contribution is 0.305. The smallest absolute Gasteiger partial charge is 0.00746 e. The quantitative estimate of drug-likeness (QED) is 0.625.